The summed E-state index contributed by atoms with van der Waals surface area (Å²) in [6.45, 7) is 0. The molecule has 0 radical (unpaired) electrons. The highest BCUT2D eigenvalue weighted by Crippen LogP contribution is 2.24. The van der Waals surface area contributed by atoms with Gasteiger partial charge >= 0.3 is 0 Å². The number of ether oxygens (including phenoxy) is 1. The molecule has 3 aromatic rings. The van der Waals surface area contributed by atoms with E-state index >= 15 is 0 Å². The normalized spacial score (nSPS) is 11.8. The van der Waals surface area contributed by atoms with Gasteiger partial charge in [0.1, 0.15) is 17.6 Å². The van der Waals surface area contributed by atoms with E-state index in [0.717, 1.165) is 21.6 Å². The van der Waals surface area contributed by atoms with Crippen LogP contribution in [0.4, 0.5) is 0 Å². The van der Waals surface area contributed by atoms with Gasteiger partial charge in [-0.25, -0.2) is 4.98 Å². The number of pyridine rings is 1. The second-order valence-corrected chi connectivity index (χ2v) is 6.39. The lowest BCUT2D eigenvalue weighted by molar-refractivity contribution is 0.0940. The van der Waals surface area contributed by atoms with Crippen molar-refractivity contribution in [3.8, 4) is 5.75 Å². The molecule has 128 valence electrons. The maximum atomic E-state index is 12.7. The number of aromatic nitrogens is 3. The summed E-state index contributed by atoms with van der Waals surface area (Å²) in [6.07, 6.45) is 6.71. The number of rotatable bonds is 5. The first-order valence-electron chi connectivity index (χ1n) is 7.61. The standard InChI is InChI=1S/C18H17BrN4O2/c1-23-7-6-21-17(23)16(12-4-3-5-15(9-12)25-2)22-18(24)13-8-14(19)11-20-10-13/h3-11,16H,1-2H3,(H,22,24)/t16-/m1/s1. The summed E-state index contributed by atoms with van der Waals surface area (Å²) in [5, 5.41) is 3.03. The SMILES string of the molecule is COc1cccc([C@@H](NC(=O)c2cncc(Br)c2)c2nccn2C)c1. The summed E-state index contributed by atoms with van der Waals surface area (Å²) < 4.78 is 7.93. The molecule has 0 saturated carbocycles. The lowest BCUT2D eigenvalue weighted by Gasteiger charge is -2.19. The van der Waals surface area contributed by atoms with Crippen molar-refractivity contribution in [1.82, 2.24) is 19.9 Å². The van der Waals surface area contributed by atoms with Crippen molar-refractivity contribution < 1.29 is 9.53 Å². The third kappa shape index (κ3) is 3.88. The zero-order valence-electron chi connectivity index (χ0n) is 13.8. The second kappa shape index (κ2) is 7.48. The predicted molar refractivity (Wildman–Crippen MR) is 97.4 cm³/mol. The Morgan fingerprint density at radius 1 is 1.32 bits per heavy atom. The fourth-order valence-electron chi connectivity index (χ4n) is 2.52. The number of methoxy groups -OCH3 is 1. The van der Waals surface area contributed by atoms with Gasteiger partial charge in [0.05, 0.1) is 12.7 Å². The van der Waals surface area contributed by atoms with E-state index in [0.29, 0.717) is 5.56 Å². The van der Waals surface area contributed by atoms with Crippen LogP contribution in [-0.2, 0) is 7.05 Å². The molecule has 0 aliphatic rings. The number of nitrogens with one attached hydrogen (secondary N) is 1. The quantitative estimate of drug-likeness (QED) is 0.714. The van der Waals surface area contributed by atoms with Crippen LogP contribution < -0.4 is 10.1 Å². The maximum absolute atomic E-state index is 12.7. The van der Waals surface area contributed by atoms with E-state index in [-0.39, 0.29) is 5.91 Å². The molecule has 1 atom stereocenters. The maximum Gasteiger partial charge on any atom is 0.253 e. The highest BCUT2D eigenvalue weighted by atomic mass is 79.9. The van der Waals surface area contributed by atoms with Gasteiger partial charge in [-0.05, 0) is 39.7 Å². The molecule has 2 heterocycles. The summed E-state index contributed by atoms with van der Waals surface area (Å²) in [5.74, 6) is 1.21. The first kappa shape index (κ1) is 17.2. The van der Waals surface area contributed by atoms with Gasteiger partial charge in [-0.15, -0.1) is 0 Å². The summed E-state index contributed by atoms with van der Waals surface area (Å²) in [6, 6.07) is 8.88. The zero-order chi connectivity index (χ0) is 17.8. The Bertz CT molecular complexity index is 894. The molecule has 0 unspecified atom stereocenters. The molecule has 25 heavy (non-hydrogen) atoms. The highest BCUT2D eigenvalue weighted by Gasteiger charge is 2.22. The van der Waals surface area contributed by atoms with Crippen molar-refractivity contribution >= 4 is 21.8 Å². The molecular formula is C18H17BrN4O2. The molecule has 6 nitrogen and oxygen atoms in total. The average molecular weight is 401 g/mol. The number of carbonyl (C=O) groups is 1. The van der Waals surface area contributed by atoms with Gasteiger partial charge in [0.2, 0.25) is 0 Å². The van der Waals surface area contributed by atoms with E-state index < -0.39 is 6.04 Å². The predicted octanol–water partition coefficient (Wildman–Crippen LogP) is 3.11. The first-order valence-corrected chi connectivity index (χ1v) is 8.40. The fourth-order valence-corrected chi connectivity index (χ4v) is 2.89. The number of amides is 1. The van der Waals surface area contributed by atoms with Crippen molar-refractivity contribution in [2.45, 2.75) is 6.04 Å². The van der Waals surface area contributed by atoms with Gasteiger partial charge in [0, 0.05) is 36.3 Å². The number of nitrogens with zero attached hydrogens (tertiary/aromatic N) is 3. The number of benzene rings is 1. The summed E-state index contributed by atoms with van der Waals surface area (Å²) in [4.78, 5) is 21.1. The molecule has 0 bridgehead atoms. The van der Waals surface area contributed by atoms with Gasteiger partial charge in [-0.3, -0.25) is 9.78 Å². The van der Waals surface area contributed by atoms with Crippen LogP contribution in [0.5, 0.6) is 5.75 Å². The summed E-state index contributed by atoms with van der Waals surface area (Å²) in [5.41, 5.74) is 1.35. The van der Waals surface area contributed by atoms with E-state index in [1.54, 1.807) is 25.6 Å². The van der Waals surface area contributed by atoms with Crippen molar-refractivity contribution in [1.29, 1.82) is 0 Å². The molecule has 0 aliphatic carbocycles. The van der Waals surface area contributed by atoms with Crippen molar-refractivity contribution in [3.05, 3.63) is 76.5 Å². The minimum atomic E-state index is -0.415. The van der Waals surface area contributed by atoms with Gasteiger partial charge in [0.15, 0.2) is 0 Å². The van der Waals surface area contributed by atoms with E-state index in [9.17, 15) is 4.79 Å². The number of imidazole rings is 1. The monoisotopic (exact) mass is 400 g/mol. The molecule has 0 saturated heterocycles. The largest absolute Gasteiger partial charge is 0.497 e. The third-order valence-corrected chi connectivity index (χ3v) is 4.22. The van der Waals surface area contributed by atoms with E-state index in [1.807, 2.05) is 42.1 Å². The van der Waals surface area contributed by atoms with Crippen LogP contribution in [0.25, 0.3) is 0 Å². The number of carbonyl (C=O) groups excluding carboxylic acids is 1. The van der Waals surface area contributed by atoms with Crippen molar-refractivity contribution in [3.63, 3.8) is 0 Å². The van der Waals surface area contributed by atoms with Crippen molar-refractivity contribution in [2.75, 3.05) is 7.11 Å². The Balaban J connectivity index is 1.97. The molecule has 1 aromatic carbocycles. The molecule has 0 spiro atoms. The van der Waals surface area contributed by atoms with Crippen LogP contribution in [0, 0.1) is 0 Å². The molecule has 2 aromatic heterocycles. The van der Waals surface area contributed by atoms with Crippen molar-refractivity contribution in [2.24, 2.45) is 7.05 Å². The number of hydrogen-bond acceptors (Lipinski definition) is 4. The Morgan fingerprint density at radius 3 is 2.84 bits per heavy atom. The molecule has 0 fully saturated rings. The molecular weight excluding hydrogens is 384 g/mol. The van der Waals surface area contributed by atoms with E-state index in [1.165, 1.54) is 6.20 Å². The second-order valence-electron chi connectivity index (χ2n) is 5.47. The van der Waals surface area contributed by atoms with Crippen LogP contribution in [-0.4, -0.2) is 27.6 Å². The number of halogens is 1. The molecule has 1 amide bonds. The number of aryl methyl sites for hydroxylation is 1. The fraction of sp³-hybridized carbons (Fsp3) is 0.167. The molecule has 7 heteroatoms. The average Bonchev–Trinajstić information content (AvgIpc) is 3.05. The Kier molecular flexibility index (Phi) is 5.14. The Morgan fingerprint density at radius 2 is 2.16 bits per heavy atom. The number of hydrogen-bond donors (Lipinski definition) is 1. The third-order valence-electron chi connectivity index (χ3n) is 3.79. The molecule has 0 aliphatic heterocycles. The minimum Gasteiger partial charge on any atom is -0.497 e. The van der Waals surface area contributed by atoms with Crippen LogP contribution in [0.3, 0.4) is 0 Å². The van der Waals surface area contributed by atoms with Gasteiger partial charge in [-0.1, -0.05) is 12.1 Å². The lowest BCUT2D eigenvalue weighted by atomic mass is 10.0. The molecule has 3 rings (SSSR count). The smallest absolute Gasteiger partial charge is 0.253 e. The Hall–Kier alpha value is -2.67. The molecule has 1 N–H and O–H groups in total. The van der Waals surface area contributed by atoms with Gasteiger partial charge < -0.3 is 14.6 Å². The van der Waals surface area contributed by atoms with Crippen LogP contribution in [0.2, 0.25) is 0 Å². The first-order chi connectivity index (χ1) is 12.1. The van der Waals surface area contributed by atoms with Crippen LogP contribution in [0.1, 0.15) is 27.8 Å². The summed E-state index contributed by atoms with van der Waals surface area (Å²) >= 11 is 3.34. The highest BCUT2D eigenvalue weighted by molar-refractivity contribution is 9.10. The summed E-state index contributed by atoms with van der Waals surface area (Å²) in [7, 11) is 3.50. The zero-order valence-corrected chi connectivity index (χ0v) is 15.4. The van der Waals surface area contributed by atoms with Crippen LogP contribution >= 0.6 is 15.9 Å². The van der Waals surface area contributed by atoms with E-state index in [4.69, 9.17) is 4.74 Å². The lowest BCUT2D eigenvalue weighted by Crippen LogP contribution is -2.31. The van der Waals surface area contributed by atoms with E-state index in [2.05, 4.69) is 31.2 Å². The van der Waals surface area contributed by atoms with Crippen LogP contribution in [0.15, 0.2) is 59.6 Å². The minimum absolute atomic E-state index is 0.232. The van der Waals surface area contributed by atoms with Gasteiger partial charge in [-0.2, -0.15) is 0 Å². The topological polar surface area (TPSA) is 69.0 Å². The van der Waals surface area contributed by atoms with Gasteiger partial charge in [0.25, 0.3) is 5.91 Å². The Labute approximate surface area is 154 Å².